The van der Waals surface area contributed by atoms with Crippen molar-refractivity contribution in [1.29, 1.82) is 0 Å². The van der Waals surface area contributed by atoms with Gasteiger partial charge >= 0.3 is 0 Å². The van der Waals surface area contributed by atoms with Crippen molar-refractivity contribution in [3.63, 3.8) is 0 Å². The van der Waals surface area contributed by atoms with Crippen LogP contribution in [-0.4, -0.2) is 28.3 Å². The number of rotatable bonds is 4. The van der Waals surface area contributed by atoms with E-state index in [4.69, 9.17) is 0 Å². The summed E-state index contributed by atoms with van der Waals surface area (Å²) < 4.78 is 13.3. The molecule has 5 heteroatoms. The van der Waals surface area contributed by atoms with E-state index in [9.17, 15) is 4.39 Å². The maximum absolute atomic E-state index is 13.3. The molecule has 128 valence electrons. The van der Waals surface area contributed by atoms with Crippen LogP contribution >= 0.6 is 0 Å². The van der Waals surface area contributed by atoms with Gasteiger partial charge in [0.1, 0.15) is 11.5 Å². The Kier molecular flexibility index (Phi) is 4.57. The highest BCUT2D eigenvalue weighted by molar-refractivity contribution is 5.80. The minimum absolute atomic E-state index is 0.242. The van der Waals surface area contributed by atoms with E-state index in [1.807, 2.05) is 18.2 Å². The maximum Gasteiger partial charge on any atom is 0.123 e. The van der Waals surface area contributed by atoms with E-state index >= 15 is 0 Å². The van der Waals surface area contributed by atoms with Crippen molar-refractivity contribution in [2.24, 2.45) is 5.92 Å². The van der Waals surface area contributed by atoms with E-state index in [0.717, 1.165) is 47.7 Å². The summed E-state index contributed by atoms with van der Waals surface area (Å²) >= 11 is 0. The van der Waals surface area contributed by atoms with Gasteiger partial charge in [0, 0.05) is 23.0 Å². The van der Waals surface area contributed by atoms with Crippen LogP contribution in [0, 0.1) is 11.7 Å². The molecule has 0 bridgehead atoms. The van der Waals surface area contributed by atoms with Crippen molar-refractivity contribution >= 4 is 0 Å². The van der Waals surface area contributed by atoms with Crippen LogP contribution in [0.2, 0.25) is 0 Å². The third kappa shape index (κ3) is 3.46. The van der Waals surface area contributed by atoms with Gasteiger partial charge in [-0.25, -0.2) is 4.39 Å². The van der Waals surface area contributed by atoms with Gasteiger partial charge in [-0.15, -0.1) is 0 Å². The van der Waals surface area contributed by atoms with Gasteiger partial charge in [0.05, 0.1) is 5.69 Å². The fourth-order valence-electron chi connectivity index (χ4n) is 3.50. The Balaban J connectivity index is 1.75. The predicted molar refractivity (Wildman–Crippen MR) is 96.5 cm³/mol. The molecule has 2 aromatic heterocycles. The molecule has 0 saturated carbocycles. The van der Waals surface area contributed by atoms with Crippen LogP contribution in [-0.2, 0) is 6.42 Å². The molecule has 3 heterocycles. The molecular weight excluding hydrogens is 315 g/mol. The second kappa shape index (κ2) is 7.15. The Morgan fingerprint density at radius 2 is 1.84 bits per heavy atom. The van der Waals surface area contributed by atoms with Gasteiger partial charge in [0.15, 0.2) is 0 Å². The third-order valence-corrected chi connectivity index (χ3v) is 4.83. The lowest BCUT2D eigenvalue weighted by molar-refractivity contribution is 0.370. The van der Waals surface area contributed by atoms with Crippen LogP contribution in [0.3, 0.4) is 0 Å². The van der Waals surface area contributed by atoms with Gasteiger partial charge in [-0.05, 0) is 74.7 Å². The monoisotopic (exact) mass is 336 g/mol. The highest BCUT2D eigenvalue weighted by atomic mass is 19.1. The molecule has 1 aromatic carbocycles. The first kappa shape index (κ1) is 16.0. The van der Waals surface area contributed by atoms with E-state index in [0.29, 0.717) is 5.92 Å². The quantitative estimate of drug-likeness (QED) is 0.761. The Bertz CT molecular complexity index is 821. The second-order valence-corrected chi connectivity index (χ2v) is 6.55. The molecule has 1 saturated heterocycles. The van der Waals surface area contributed by atoms with Crippen LogP contribution in [0.1, 0.15) is 18.5 Å². The zero-order valence-electron chi connectivity index (χ0n) is 14.0. The molecule has 0 unspecified atom stereocenters. The number of aromatic nitrogens is 3. The topological polar surface area (TPSA) is 53.6 Å². The Morgan fingerprint density at radius 3 is 2.56 bits per heavy atom. The van der Waals surface area contributed by atoms with E-state index in [1.54, 1.807) is 18.3 Å². The molecule has 0 spiro atoms. The minimum atomic E-state index is -0.242. The molecule has 2 N–H and O–H groups in total. The molecule has 1 aliphatic rings. The van der Waals surface area contributed by atoms with Crippen molar-refractivity contribution in [1.82, 2.24) is 20.5 Å². The van der Waals surface area contributed by atoms with Gasteiger partial charge in [0.2, 0.25) is 0 Å². The standard InChI is InChI=1S/C20H21FN4/c21-16-6-4-15(5-7-16)20-19(17-3-1-2-10-23-17)18(24-25-20)13-14-8-11-22-12-9-14/h1-7,10,14,22H,8-9,11-13H2,(H,24,25). The maximum atomic E-state index is 13.3. The fraction of sp³-hybridized carbons (Fsp3) is 0.300. The van der Waals surface area contributed by atoms with Gasteiger partial charge < -0.3 is 5.32 Å². The summed E-state index contributed by atoms with van der Waals surface area (Å²) in [5.41, 5.74) is 4.78. The summed E-state index contributed by atoms with van der Waals surface area (Å²) in [6, 6.07) is 12.4. The number of nitrogens with one attached hydrogen (secondary N) is 2. The molecule has 4 nitrogen and oxygen atoms in total. The number of hydrogen-bond acceptors (Lipinski definition) is 3. The molecule has 0 amide bonds. The Hall–Kier alpha value is -2.53. The number of nitrogens with zero attached hydrogens (tertiary/aromatic N) is 2. The summed E-state index contributed by atoms with van der Waals surface area (Å²) in [7, 11) is 0. The van der Waals surface area contributed by atoms with Crippen LogP contribution in [0.25, 0.3) is 22.5 Å². The van der Waals surface area contributed by atoms with Crippen LogP contribution in [0.5, 0.6) is 0 Å². The van der Waals surface area contributed by atoms with Gasteiger partial charge in [-0.2, -0.15) is 5.10 Å². The zero-order chi connectivity index (χ0) is 17.1. The van der Waals surface area contributed by atoms with E-state index in [-0.39, 0.29) is 5.82 Å². The molecule has 25 heavy (non-hydrogen) atoms. The van der Waals surface area contributed by atoms with Crippen LogP contribution in [0.4, 0.5) is 4.39 Å². The van der Waals surface area contributed by atoms with Gasteiger partial charge in [-0.3, -0.25) is 10.1 Å². The smallest absolute Gasteiger partial charge is 0.123 e. The number of H-pyrrole nitrogens is 1. The molecular formula is C20H21FN4. The molecule has 0 radical (unpaired) electrons. The zero-order valence-corrected chi connectivity index (χ0v) is 14.0. The average molecular weight is 336 g/mol. The van der Waals surface area contributed by atoms with Crippen molar-refractivity contribution < 1.29 is 4.39 Å². The van der Waals surface area contributed by atoms with Crippen molar-refractivity contribution in [3.05, 3.63) is 60.2 Å². The van der Waals surface area contributed by atoms with E-state index < -0.39 is 0 Å². The lowest BCUT2D eigenvalue weighted by Crippen LogP contribution is -2.28. The second-order valence-electron chi connectivity index (χ2n) is 6.55. The van der Waals surface area contributed by atoms with E-state index in [1.165, 1.54) is 25.0 Å². The summed E-state index contributed by atoms with van der Waals surface area (Å²) in [4.78, 5) is 4.53. The Labute approximate surface area is 146 Å². The summed E-state index contributed by atoms with van der Waals surface area (Å²) in [5, 5.41) is 11.2. The molecule has 0 atom stereocenters. The number of piperidine rings is 1. The molecule has 1 aliphatic heterocycles. The summed E-state index contributed by atoms with van der Waals surface area (Å²) in [5.74, 6) is 0.402. The van der Waals surface area contributed by atoms with Crippen molar-refractivity contribution in [3.8, 4) is 22.5 Å². The lowest BCUT2D eigenvalue weighted by atomic mass is 9.90. The average Bonchev–Trinajstić information content (AvgIpc) is 3.07. The summed E-state index contributed by atoms with van der Waals surface area (Å²) in [6.45, 7) is 2.14. The number of aromatic amines is 1. The normalized spacial score (nSPS) is 15.4. The molecule has 0 aliphatic carbocycles. The fourth-order valence-corrected chi connectivity index (χ4v) is 3.50. The van der Waals surface area contributed by atoms with Gasteiger partial charge in [-0.1, -0.05) is 6.07 Å². The Morgan fingerprint density at radius 1 is 1.04 bits per heavy atom. The highest BCUT2D eigenvalue weighted by Gasteiger charge is 2.21. The first-order valence-corrected chi connectivity index (χ1v) is 8.76. The first-order valence-electron chi connectivity index (χ1n) is 8.76. The number of halogens is 1. The van der Waals surface area contributed by atoms with Crippen LogP contribution in [0.15, 0.2) is 48.7 Å². The summed E-state index contributed by atoms with van der Waals surface area (Å²) in [6.07, 6.45) is 5.10. The van der Waals surface area contributed by atoms with Crippen molar-refractivity contribution in [2.45, 2.75) is 19.3 Å². The number of hydrogen-bond donors (Lipinski definition) is 2. The SMILES string of the molecule is Fc1ccc(-c2n[nH]c(CC3CCNCC3)c2-c2ccccn2)cc1. The molecule has 4 rings (SSSR count). The predicted octanol–water partition coefficient (Wildman–Crippen LogP) is 3.82. The number of pyridine rings is 1. The first-order chi connectivity index (χ1) is 12.3. The largest absolute Gasteiger partial charge is 0.317 e. The molecule has 1 fully saturated rings. The van der Waals surface area contributed by atoms with Crippen LogP contribution < -0.4 is 5.32 Å². The third-order valence-electron chi connectivity index (χ3n) is 4.83. The lowest BCUT2D eigenvalue weighted by Gasteiger charge is -2.22. The van der Waals surface area contributed by atoms with E-state index in [2.05, 4.69) is 20.5 Å². The number of benzene rings is 1. The van der Waals surface area contributed by atoms with Gasteiger partial charge in [0.25, 0.3) is 0 Å². The minimum Gasteiger partial charge on any atom is -0.317 e. The highest BCUT2D eigenvalue weighted by Crippen LogP contribution is 2.34. The molecule has 3 aromatic rings. The van der Waals surface area contributed by atoms with Crippen molar-refractivity contribution in [2.75, 3.05) is 13.1 Å².